The Kier molecular flexibility index (Phi) is 6.42. The number of aliphatic hydroxyl groups is 1. The van der Waals surface area contributed by atoms with Gasteiger partial charge in [0, 0.05) is 19.2 Å². The van der Waals surface area contributed by atoms with Gasteiger partial charge in [-0.3, -0.25) is 9.59 Å². The van der Waals surface area contributed by atoms with Gasteiger partial charge in [-0.1, -0.05) is 30.3 Å². The SMILES string of the molecule is COc1ccc(/C(O)=C2\C(=O)C(=O)N(CCN(C)C)C2c2ccccc2)c(OC)c1. The van der Waals surface area contributed by atoms with Gasteiger partial charge in [-0.15, -0.1) is 0 Å². The molecule has 1 saturated heterocycles. The minimum absolute atomic E-state index is 0.0495. The minimum atomic E-state index is -0.710. The van der Waals surface area contributed by atoms with Gasteiger partial charge in [0.25, 0.3) is 11.7 Å². The lowest BCUT2D eigenvalue weighted by atomic mass is 9.95. The van der Waals surface area contributed by atoms with Crippen LogP contribution in [0, 0.1) is 0 Å². The smallest absolute Gasteiger partial charge is 0.295 e. The molecule has 1 N–H and O–H groups in total. The average Bonchev–Trinajstić information content (AvgIpc) is 3.02. The molecule has 2 aromatic rings. The van der Waals surface area contributed by atoms with Crippen LogP contribution in [0.5, 0.6) is 11.5 Å². The van der Waals surface area contributed by atoms with E-state index in [2.05, 4.69) is 0 Å². The molecule has 0 bridgehead atoms. The maximum absolute atomic E-state index is 13.0. The maximum Gasteiger partial charge on any atom is 0.295 e. The fraction of sp³-hybridized carbons (Fsp3) is 0.304. The summed E-state index contributed by atoms with van der Waals surface area (Å²) in [6.45, 7) is 0.940. The number of rotatable bonds is 7. The van der Waals surface area contributed by atoms with Crippen molar-refractivity contribution in [3.8, 4) is 11.5 Å². The number of aliphatic hydroxyl groups excluding tert-OH is 1. The van der Waals surface area contributed by atoms with Gasteiger partial charge in [0.2, 0.25) is 0 Å². The van der Waals surface area contributed by atoms with Crippen molar-refractivity contribution >= 4 is 17.4 Å². The average molecular weight is 410 g/mol. The summed E-state index contributed by atoms with van der Waals surface area (Å²) in [4.78, 5) is 29.3. The zero-order valence-corrected chi connectivity index (χ0v) is 17.6. The number of ketones is 1. The third kappa shape index (κ3) is 4.02. The van der Waals surface area contributed by atoms with E-state index in [4.69, 9.17) is 9.47 Å². The first kappa shape index (κ1) is 21.4. The minimum Gasteiger partial charge on any atom is -0.507 e. The quantitative estimate of drug-likeness (QED) is 0.430. The summed E-state index contributed by atoms with van der Waals surface area (Å²) in [7, 11) is 6.79. The van der Waals surface area contributed by atoms with E-state index in [1.54, 1.807) is 18.2 Å². The monoisotopic (exact) mass is 410 g/mol. The maximum atomic E-state index is 13.0. The standard InChI is InChI=1S/C23H26N2O5/c1-24(2)12-13-25-20(15-8-6-5-7-9-15)19(22(27)23(25)28)21(26)17-11-10-16(29-3)14-18(17)30-4/h5-11,14,20,26H,12-13H2,1-4H3/b21-19+. The van der Waals surface area contributed by atoms with Crippen LogP contribution >= 0.6 is 0 Å². The Balaban J connectivity index is 2.17. The first-order chi connectivity index (χ1) is 14.4. The number of carbonyl (C=O) groups excluding carboxylic acids is 2. The summed E-state index contributed by atoms with van der Waals surface area (Å²) in [5.41, 5.74) is 1.13. The van der Waals surface area contributed by atoms with E-state index in [-0.39, 0.29) is 11.3 Å². The molecule has 1 unspecified atom stereocenters. The second-order valence-electron chi connectivity index (χ2n) is 7.27. The van der Waals surface area contributed by atoms with Crippen molar-refractivity contribution in [3.05, 3.63) is 65.2 Å². The molecule has 7 heteroatoms. The van der Waals surface area contributed by atoms with Crippen LogP contribution in [0.15, 0.2) is 54.1 Å². The van der Waals surface area contributed by atoms with E-state index in [1.165, 1.54) is 19.1 Å². The number of likely N-dealkylation sites (tertiary alicyclic amines) is 1. The molecule has 1 atom stereocenters. The highest BCUT2D eigenvalue weighted by molar-refractivity contribution is 6.46. The van der Waals surface area contributed by atoms with Crippen LogP contribution in [-0.2, 0) is 9.59 Å². The molecule has 0 aliphatic carbocycles. The molecule has 158 valence electrons. The molecule has 30 heavy (non-hydrogen) atoms. The van der Waals surface area contributed by atoms with Gasteiger partial charge in [0.05, 0.1) is 31.4 Å². The first-order valence-electron chi connectivity index (χ1n) is 9.59. The third-order valence-electron chi connectivity index (χ3n) is 5.11. The summed E-state index contributed by atoms with van der Waals surface area (Å²) < 4.78 is 10.6. The first-order valence-corrected chi connectivity index (χ1v) is 9.59. The van der Waals surface area contributed by atoms with Gasteiger partial charge in [0.15, 0.2) is 0 Å². The fourth-order valence-corrected chi connectivity index (χ4v) is 3.54. The van der Waals surface area contributed by atoms with Crippen LogP contribution in [0.25, 0.3) is 5.76 Å². The van der Waals surface area contributed by atoms with Crippen molar-refractivity contribution in [2.45, 2.75) is 6.04 Å². The fourth-order valence-electron chi connectivity index (χ4n) is 3.54. The van der Waals surface area contributed by atoms with E-state index in [0.717, 1.165) is 5.56 Å². The Morgan fingerprint density at radius 3 is 2.37 bits per heavy atom. The van der Waals surface area contributed by atoms with E-state index in [9.17, 15) is 14.7 Å². The molecule has 0 spiro atoms. The number of methoxy groups -OCH3 is 2. The molecule has 1 aliphatic rings. The molecule has 3 rings (SSSR count). The van der Waals surface area contributed by atoms with Gasteiger partial charge in [-0.05, 0) is 31.8 Å². The lowest BCUT2D eigenvalue weighted by Gasteiger charge is -2.26. The normalized spacial score (nSPS) is 18.2. The van der Waals surface area contributed by atoms with Crippen LogP contribution < -0.4 is 9.47 Å². The van der Waals surface area contributed by atoms with Crippen molar-refractivity contribution in [2.75, 3.05) is 41.4 Å². The lowest BCUT2D eigenvalue weighted by Crippen LogP contribution is -2.35. The zero-order chi connectivity index (χ0) is 21.8. The van der Waals surface area contributed by atoms with Crippen LogP contribution in [0.3, 0.4) is 0 Å². The number of nitrogens with zero attached hydrogens (tertiary/aromatic N) is 2. The van der Waals surface area contributed by atoms with E-state index < -0.39 is 17.7 Å². The van der Waals surface area contributed by atoms with E-state index >= 15 is 0 Å². The lowest BCUT2D eigenvalue weighted by molar-refractivity contribution is -0.140. The predicted octanol–water partition coefficient (Wildman–Crippen LogP) is 2.69. The summed E-state index contributed by atoms with van der Waals surface area (Å²) in [5, 5.41) is 11.2. The number of amides is 1. The summed E-state index contributed by atoms with van der Waals surface area (Å²) >= 11 is 0. The molecular formula is C23H26N2O5. The Hall–Kier alpha value is -3.32. The van der Waals surface area contributed by atoms with Gasteiger partial charge < -0.3 is 24.4 Å². The van der Waals surface area contributed by atoms with Crippen molar-refractivity contribution in [2.24, 2.45) is 0 Å². The molecule has 1 fully saturated rings. The van der Waals surface area contributed by atoms with Crippen LogP contribution in [0.2, 0.25) is 0 Å². The number of benzene rings is 2. The molecule has 1 amide bonds. The van der Waals surface area contributed by atoms with Crippen LogP contribution in [0.4, 0.5) is 0 Å². The van der Waals surface area contributed by atoms with Crippen molar-refractivity contribution in [1.82, 2.24) is 9.80 Å². The van der Waals surface area contributed by atoms with Crippen molar-refractivity contribution < 1.29 is 24.2 Å². The summed E-state index contributed by atoms with van der Waals surface area (Å²) in [6, 6.07) is 13.5. The van der Waals surface area contributed by atoms with E-state index in [1.807, 2.05) is 49.3 Å². The number of hydrogen-bond acceptors (Lipinski definition) is 6. The third-order valence-corrected chi connectivity index (χ3v) is 5.11. The molecule has 1 aliphatic heterocycles. The number of likely N-dealkylation sites (N-methyl/N-ethyl adjacent to an activating group) is 1. The molecule has 0 saturated carbocycles. The summed E-state index contributed by atoms with van der Waals surface area (Å²) in [6.07, 6.45) is 0. The highest BCUT2D eigenvalue weighted by Crippen LogP contribution is 2.41. The zero-order valence-electron chi connectivity index (χ0n) is 17.6. The highest BCUT2D eigenvalue weighted by Gasteiger charge is 2.46. The Morgan fingerprint density at radius 2 is 1.77 bits per heavy atom. The molecule has 0 aromatic heterocycles. The van der Waals surface area contributed by atoms with E-state index in [0.29, 0.717) is 30.2 Å². The van der Waals surface area contributed by atoms with Crippen molar-refractivity contribution in [1.29, 1.82) is 0 Å². The second kappa shape index (κ2) is 9.00. The molecule has 7 nitrogen and oxygen atoms in total. The Morgan fingerprint density at radius 1 is 1.07 bits per heavy atom. The molecule has 1 heterocycles. The van der Waals surface area contributed by atoms with Crippen LogP contribution in [-0.4, -0.2) is 68.0 Å². The van der Waals surface area contributed by atoms with Gasteiger partial charge >= 0.3 is 0 Å². The molecule has 2 aromatic carbocycles. The highest BCUT2D eigenvalue weighted by atomic mass is 16.5. The largest absolute Gasteiger partial charge is 0.507 e. The number of ether oxygens (including phenoxy) is 2. The Bertz CT molecular complexity index is 969. The summed E-state index contributed by atoms with van der Waals surface area (Å²) in [5.74, 6) is -0.709. The number of hydrogen-bond donors (Lipinski definition) is 1. The predicted molar refractivity (Wildman–Crippen MR) is 114 cm³/mol. The second-order valence-corrected chi connectivity index (χ2v) is 7.27. The van der Waals surface area contributed by atoms with Gasteiger partial charge in [-0.2, -0.15) is 0 Å². The van der Waals surface area contributed by atoms with Crippen LogP contribution in [0.1, 0.15) is 17.2 Å². The number of carbonyl (C=O) groups is 2. The number of Topliss-reactive ketones (excluding diaryl/α,β-unsaturated/α-hetero) is 1. The van der Waals surface area contributed by atoms with Gasteiger partial charge in [0.1, 0.15) is 17.3 Å². The van der Waals surface area contributed by atoms with Gasteiger partial charge in [-0.25, -0.2) is 0 Å². The molecule has 0 radical (unpaired) electrons. The molecular weight excluding hydrogens is 384 g/mol. The van der Waals surface area contributed by atoms with Crippen molar-refractivity contribution in [3.63, 3.8) is 0 Å². The topological polar surface area (TPSA) is 79.3 Å². The Labute approximate surface area is 176 Å².